The molecule has 0 saturated heterocycles. The molecule has 0 spiro atoms. The smallest absolute Gasteiger partial charge is 0.231 e. The molecule has 0 saturated carbocycles. The minimum absolute atomic E-state index is 0.0122. The highest BCUT2D eigenvalue weighted by molar-refractivity contribution is 7.12. The van der Waals surface area contributed by atoms with Crippen LogP contribution in [0.4, 0.5) is 0 Å². The lowest BCUT2D eigenvalue weighted by Crippen LogP contribution is -2.05. The third kappa shape index (κ3) is 2.83. The van der Waals surface area contributed by atoms with E-state index < -0.39 is 0 Å². The van der Waals surface area contributed by atoms with Crippen LogP contribution < -0.4 is 14.8 Å². The summed E-state index contributed by atoms with van der Waals surface area (Å²) in [5.74, 6) is 1.55. The van der Waals surface area contributed by atoms with Crippen molar-refractivity contribution in [3.05, 3.63) is 58.4 Å². The summed E-state index contributed by atoms with van der Waals surface area (Å²) in [7, 11) is 0. The van der Waals surface area contributed by atoms with E-state index in [-0.39, 0.29) is 12.6 Å². The molecule has 20 heavy (non-hydrogen) atoms. The van der Waals surface area contributed by atoms with Crippen molar-refractivity contribution < 1.29 is 14.3 Å². The highest BCUT2D eigenvalue weighted by Crippen LogP contribution is 2.32. The lowest BCUT2D eigenvalue weighted by molar-refractivity contribution is 0.105. The summed E-state index contributed by atoms with van der Waals surface area (Å²) < 4.78 is 10.6. The zero-order valence-electron chi connectivity index (χ0n) is 10.7. The molecule has 2 aromatic rings. The summed E-state index contributed by atoms with van der Waals surface area (Å²) in [6.07, 6.45) is 3.21. The van der Waals surface area contributed by atoms with Crippen molar-refractivity contribution in [3.63, 3.8) is 0 Å². The fraction of sp³-hybridized carbons (Fsp3) is 0.133. The van der Waals surface area contributed by atoms with Gasteiger partial charge in [0.05, 0.1) is 4.88 Å². The van der Waals surface area contributed by atoms with Crippen molar-refractivity contribution in [2.45, 2.75) is 6.54 Å². The number of ketones is 1. The summed E-state index contributed by atoms with van der Waals surface area (Å²) in [4.78, 5) is 12.5. The van der Waals surface area contributed by atoms with Gasteiger partial charge in [0.25, 0.3) is 0 Å². The monoisotopic (exact) mass is 287 g/mol. The average Bonchev–Trinajstić information content (AvgIpc) is 3.13. The zero-order valence-corrected chi connectivity index (χ0v) is 11.5. The molecule has 102 valence electrons. The summed E-state index contributed by atoms with van der Waals surface area (Å²) in [5, 5.41) is 4.98. The number of carbonyl (C=O) groups excluding carboxylic acids is 1. The second-order valence-corrected chi connectivity index (χ2v) is 5.19. The molecule has 0 fully saturated rings. The highest BCUT2D eigenvalue weighted by atomic mass is 32.1. The van der Waals surface area contributed by atoms with Crippen LogP contribution in [-0.2, 0) is 6.54 Å². The maximum absolute atomic E-state index is 11.7. The van der Waals surface area contributed by atoms with E-state index in [9.17, 15) is 4.79 Å². The lowest BCUT2D eigenvalue weighted by atomic mass is 10.2. The van der Waals surface area contributed by atoms with E-state index in [1.165, 1.54) is 11.3 Å². The quantitative estimate of drug-likeness (QED) is 0.678. The summed E-state index contributed by atoms with van der Waals surface area (Å²) in [5.41, 5.74) is 1.07. The molecule has 5 heteroatoms. The molecule has 1 aliphatic rings. The lowest BCUT2D eigenvalue weighted by Gasteiger charge is -2.02. The van der Waals surface area contributed by atoms with E-state index in [1.54, 1.807) is 12.3 Å². The minimum atomic E-state index is 0.0122. The van der Waals surface area contributed by atoms with Gasteiger partial charge in [0.1, 0.15) is 0 Å². The van der Waals surface area contributed by atoms with Crippen molar-refractivity contribution in [2.24, 2.45) is 0 Å². The van der Waals surface area contributed by atoms with Crippen LogP contribution in [0.25, 0.3) is 0 Å². The number of nitrogens with one attached hydrogen (secondary N) is 1. The Hall–Kier alpha value is -2.27. The molecule has 0 radical (unpaired) electrons. The first-order valence-electron chi connectivity index (χ1n) is 6.19. The molecule has 0 amide bonds. The molecule has 0 aliphatic carbocycles. The van der Waals surface area contributed by atoms with Gasteiger partial charge in [-0.05, 0) is 29.1 Å². The third-order valence-corrected chi connectivity index (χ3v) is 3.74. The van der Waals surface area contributed by atoms with Crippen molar-refractivity contribution in [1.82, 2.24) is 5.32 Å². The minimum Gasteiger partial charge on any atom is -0.454 e. The molecule has 1 N–H and O–H groups in total. The number of allylic oxidation sites excluding steroid dienone is 1. The van der Waals surface area contributed by atoms with Crippen LogP contribution >= 0.6 is 11.3 Å². The predicted molar refractivity (Wildman–Crippen MR) is 77.2 cm³/mol. The van der Waals surface area contributed by atoms with Crippen LogP contribution in [0.2, 0.25) is 0 Å². The van der Waals surface area contributed by atoms with E-state index in [4.69, 9.17) is 9.47 Å². The predicted octanol–water partition coefficient (Wildman–Crippen LogP) is 2.96. The molecule has 0 atom stereocenters. The second kappa shape index (κ2) is 5.79. The van der Waals surface area contributed by atoms with Gasteiger partial charge < -0.3 is 14.8 Å². The van der Waals surface area contributed by atoms with Crippen molar-refractivity contribution in [2.75, 3.05) is 6.79 Å². The Morgan fingerprint density at radius 1 is 1.30 bits per heavy atom. The largest absolute Gasteiger partial charge is 0.454 e. The van der Waals surface area contributed by atoms with Crippen LogP contribution in [0.1, 0.15) is 15.2 Å². The van der Waals surface area contributed by atoms with Gasteiger partial charge in [-0.15, -0.1) is 11.3 Å². The normalized spacial score (nSPS) is 12.8. The number of hydrogen-bond acceptors (Lipinski definition) is 5. The van der Waals surface area contributed by atoms with Crippen LogP contribution in [0.15, 0.2) is 48.0 Å². The SMILES string of the molecule is O=C(/C=C/NCc1ccc2c(c1)OCO2)c1cccs1. The first-order chi connectivity index (χ1) is 9.83. The van der Waals surface area contributed by atoms with Crippen molar-refractivity contribution in [1.29, 1.82) is 0 Å². The topological polar surface area (TPSA) is 47.6 Å². The molecule has 4 nitrogen and oxygen atoms in total. The first kappa shape index (κ1) is 12.7. The van der Waals surface area contributed by atoms with E-state index in [0.717, 1.165) is 21.9 Å². The van der Waals surface area contributed by atoms with Crippen LogP contribution in [0, 0.1) is 0 Å². The Morgan fingerprint density at radius 3 is 3.05 bits per heavy atom. The number of hydrogen-bond donors (Lipinski definition) is 1. The van der Waals surface area contributed by atoms with Gasteiger partial charge in [-0.3, -0.25) is 4.79 Å². The molecule has 1 aliphatic heterocycles. The number of ether oxygens (including phenoxy) is 2. The number of fused-ring (bicyclic) bond motifs is 1. The average molecular weight is 287 g/mol. The number of carbonyl (C=O) groups is 1. The van der Waals surface area contributed by atoms with E-state index in [0.29, 0.717) is 6.54 Å². The van der Waals surface area contributed by atoms with Gasteiger partial charge in [-0.2, -0.15) is 0 Å². The molecule has 0 bridgehead atoms. The summed E-state index contributed by atoms with van der Waals surface area (Å²) >= 11 is 1.44. The van der Waals surface area contributed by atoms with Gasteiger partial charge >= 0.3 is 0 Å². The van der Waals surface area contributed by atoms with Crippen LogP contribution in [0.3, 0.4) is 0 Å². The highest BCUT2D eigenvalue weighted by Gasteiger charge is 2.12. The molecular weight excluding hydrogens is 274 g/mol. The molecule has 3 rings (SSSR count). The molecule has 1 aromatic carbocycles. The van der Waals surface area contributed by atoms with Gasteiger partial charge in [0.2, 0.25) is 6.79 Å². The fourth-order valence-electron chi connectivity index (χ4n) is 1.86. The second-order valence-electron chi connectivity index (χ2n) is 4.24. The number of benzene rings is 1. The molecule has 0 unspecified atom stereocenters. The van der Waals surface area contributed by atoms with Gasteiger partial charge in [-0.1, -0.05) is 12.1 Å². The van der Waals surface area contributed by atoms with E-state index in [2.05, 4.69) is 5.32 Å². The molecular formula is C15H13NO3S. The first-order valence-corrected chi connectivity index (χ1v) is 7.07. The maximum Gasteiger partial charge on any atom is 0.231 e. The van der Waals surface area contributed by atoms with Gasteiger partial charge in [-0.25, -0.2) is 0 Å². The van der Waals surface area contributed by atoms with Crippen LogP contribution in [-0.4, -0.2) is 12.6 Å². The molecule has 2 heterocycles. The van der Waals surface area contributed by atoms with Crippen molar-refractivity contribution >= 4 is 17.1 Å². The third-order valence-electron chi connectivity index (χ3n) is 2.86. The van der Waals surface area contributed by atoms with Crippen LogP contribution in [0.5, 0.6) is 11.5 Å². The number of rotatable bonds is 5. The maximum atomic E-state index is 11.7. The fourth-order valence-corrected chi connectivity index (χ4v) is 2.51. The Bertz CT molecular complexity index is 635. The van der Waals surface area contributed by atoms with Gasteiger partial charge in [0.15, 0.2) is 17.3 Å². The Morgan fingerprint density at radius 2 is 2.20 bits per heavy atom. The van der Waals surface area contributed by atoms with Crippen molar-refractivity contribution in [3.8, 4) is 11.5 Å². The van der Waals surface area contributed by atoms with Gasteiger partial charge in [0, 0.05) is 18.8 Å². The Kier molecular flexibility index (Phi) is 3.69. The number of thiophene rings is 1. The summed E-state index contributed by atoms with van der Waals surface area (Å²) in [6, 6.07) is 9.47. The zero-order chi connectivity index (χ0) is 13.8. The van der Waals surface area contributed by atoms with E-state index in [1.807, 2.05) is 35.7 Å². The Labute approximate surface area is 120 Å². The molecule has 1 aromatic heterocycles. The van der Waals surface area contributed by atoms with E-state index >= 15 is 0 Å². The standard InChI is InChI=1S/C15H13NO3S/c17-12(15-2-1-7-20-15)5-6-16-9-11-3-4-13-14(8-11)19-10-18-13/h1-8,16H,9-10H2/b6-5+. The Balaban J connectivity index is 1.54. The summed E-state index contributed by atoms with van der Waals surface area (Å²) in [6.45, 7) is 0.909.